The van der Waals surface area contributed by atoms with E-state index in [9.17, 15) is 0 Å². The SMILES string of the molecule is Cc1ccc(-c2nnco2)cc1NCc1cnco1. The lowest BCUT2D eigenvalue weighted by molar-refractivity contribution is 0.511. The second-order valence-electron chi connectivity index (χ2n) is 4.09. The highest BCUT2D eigenvalue weighted by Gasteiger charge is 2.07. The summed E-state index contributed by atoms with van der Waals surface area (Å²) in [5.74, 6) is 1.28. The maximum absolute atomic E-state index is 5.19. The number of hydrogen-bond acceptors (Lipinski definition) is 6. The van der Waals surface area contributed by atoms with E-state index in [1.807, 2.05) is 25.1 Å². The molecular formula is C13H12N4O2. The first-order valence-electron chi connectivity index (χ1n) is 5.81. The Morgan fingerprint density at radius 3 is 2.89 bits per heavy atom. The minimum Gasteiger partial charge on any atom is -0.447 e. The van der Waals surface area contributed by atoms with Gasteiger partial charge in [0.25, 0.3) is 0 Å². The van der Waals surface area contributed by atoms with Crippen molar-refractivity contribution in [3.8, 4) is 11.5 Å². The van der Waals surface area contributed by atoms with Crippen LogP contribution in [0.1, 0.15) is 11.3 Å². The van der Waals surface area contributed by atoms with E-state index in [2.05, 4.69) is 20.5 Å². The summed E-state index contributed by atoms with van der Waals surface area (Å²) in [5, 5.41) is 10.9. The number of benzene rings is 1. The number of aromatic nitrogens is 3. The van der Waals surface area contributed by atoms with Gasteiger partial charge in [0.2, 0.25) is 12.3 Å². The van der Waals surface area contributed by atoms with Crippen LogP contribution >= 0.6 is 0 Å². The Balaban J connectivity index is 1.82. The predicted octanol–water partition coefficient (Wildman–Crippen LogP) is 2.65. The summed E-state index contributed by atoms with van der Waals surface area (Å²) in [5.41, 5.74) is 3.00. The van der Waals surface area contributed by atoms with Gasteiger partial charge in [-0.25, -0.2) is 4.98 Å². The molecule has 0 radical (unpaired) electrons. The lowest BCUT2D eigenvalue weighted by Gasteiger charge is -2.09. The van der Waals surface area contributed by atoms with E-state index in [1.54, 1.807) is 6.20 Å². The summed E-state index contributed by atoms with van der Waals surface area (Å²) in [4.78, 5) is 3.88. The first-order chi connectivity index (χ1) is 9.33. The van der Waals surface area contributed by atoms with Crippen molar-refractivity contribution < 1.29 is 8.83 Å². The summed E-state index contributed by atoms with van der Waals surface area (Å²) in [6.45, 7) is 2.61. The van der Waals surface area contributed by atoms with Crippen LogP contribution in [0.2, 0.25) is 0 Å². The molecule has 0 saturated heterocycles. The average molecular weight is 256 g/mol. The topological polar surface area (TPSA) is 77.0 Å². The molecule has 1 N–H and O–H groups in total. The molecule has 0 aliphatic heterocycles. The lowest BCUT2D eigenvalue weighted by Crippen LogP contribution is -2.00. The van der Waals surface area contributed by atoms with E-state index >= 15 is 0 Å². The number of aryl methyl sites for hydroxylation is 1. The molecule has 6 heteroatoms. The number of nitrogens with zero attached hydrogens (tertiary/aromatic N) is 3. The van der Waals surface area contributed by atoms with Crippen molar-refractivity contribution in [2.75, 3.05) is 5.32 Å². The molecule has 0 saturated carbocycles. The van der Waals surface area contributed by atoms with Crippen LogP contribution in [0.3, 0.4) is 0 Å². The first kappa shape index (κ1) is 11.5. The number of anilines is 1. The standard InChI is InChI=1S/C13H12N4O2/c1-9-2-3-10(13-17-16-8-19-13)4-12(9)15-6-11-5-14-7-18-11/h2-5,7-8,15H,6H2,1H3. The molecule has 96 valence electrons. The lowest BCUT2D eigenvalue weighted by atomic mass is 10.1. The molecule has 0 bridgehead atoms. The maximum atomic E-state index is 5.19. The van der Waals surface area contributed by atoms with Gasteiger partial charge in [-0.05, 0) is 24.6 Å². The van der Waals surface area contributed by atoms with Crippen LogP contribution in [0.15, 0.2) is 46.0 Å². The fourth-order valence-electron chi connectivity index (χ4n) is 1.76. The van der Waals surface area contributed by atoms with Crippen molar-refractivity contribution in [1.82, 2.24) is 15.2 Å². The third-order valence-corrected chi connectivity index (χ3v) is 2.78. The van der Waals surface area contributed by atoms with Gasteiger partial charge in [0, 0.05) is 11.3 Å². The predicted molar refractivity (Wildman–Crippen MR) is 68.3 cm³/mol. The molecule has 2 heterocycles. The second-order valence-corrected chi connectivity index (χ2v) is 4.09. The van der Waals surface area contributed by atoms with E-state index in [0.717, 1.165) is 22.6 Å². The molecule has 0 fully saturated rings. The quantitative estimate of drug-likeness (QED) is 0.773. The fourth-order valence-corrected chi connectivity index (χ4v) is 1.76. The number of nitrogens with one attached hydrogen (secondary N) is 1. The highest BCUT2D eigenvalue weighted by molar-refractivity contribution is 5.64. The Morgan fingerprint density at radius 2 is 2.16 bits per heavy atom. The Kier molecular flexibility index (Phi) is 2.97. The number of hydrogen-bond donors (Lipinski definition) is 1. The van der Waals surface area contributed by atoms with Crippen LogP contribution in [0.4, 0.5) is 5.69 Å². The summed E-state index contributed by atoms with van der Waals surface area (Å²) in [6, 6.07) is 5.92. The molecule has 1 aromatic carbocycles. The molecule has 3 rings (SSSR count). The van der Waals surface area contributed by atoms with Gasteiger partial charge in [-0.2, -0.15) is 0 Å². The van der Waals surface area contributed by atoms with Gasteiger partial charge < -0.3 is 14.2 Å². The monoisotopic (exact) mass is 256 g/mol. The van der Waals surface area contributed by atoms with E-state index < -0.39 is 0 Å². The van der Waals surface area contributed by atoms with Gasteiger partial charge in [-0.3, -0.25) is 0 Å². The van der Waals surface area contributed by atoms with Crippen LogP contribution in [0.25, 0.3) is 11.5 Å². The molecule has 3 aromatic rings. The van der Waals surface area contributed by atoms with Crippen molar-refractivity contribution in [2.24, 2.45) is 0 Å². The Bertz CT molecular complexity index is 647. The van der Waals surface area contributed by atoms with E-state index in [0.29, 0.717) is 12.4 Å². The van der Waals surface area contributed by atoms with Gasteiger partial charge in [-0.1, -0.05) is 6.07 Å². The zero-order valence-corrected chi connectivity index (χ0v) is 10.3. The first-order valence-corrected chi connectivity index (χ1v) is 5.81. The fraction of sp³-hybridized carbons (Fsp3) is 0.154. The Hall–Kier alpha value is -2.63. The number of rotatable bonds is 4. The molecule has 0 atom stereocenters. The molecule has 0 spiro atoms. The zero-order chi connectivity index (χ0) is 13.1. The number of oxazole rings is 1. The van der Waals surface area contributed by atoms with Crippen LogP contribution in [0, 0.1) is 6.92 Å². The average Bonchev–Trinajstić information content (AvgIpc) is 3.11. The summed E-state index contributed by atoms with van der Waals surface area (Å²) in [7, 11) is 0. The van der Waals surface area contributed by atoms with Crippen LogP contribution in [-0.4, -0.2) is 15.2 Å². The molecular weight excluding hydrogens is 244 g/mol. The Morgan fingerprint density at radius 1 is 1.21 bits per heavy atom. The molecule has 0 aliphatic carbocycles. The zero-order valence-electron chi connectivity index (χ0n) is 10.3. The Labute approximate surface area is 109 Å². The third-order valence-electron chi connectivity index (χ3n) is 2.78. The van der Waals surface area contributed by atoms with Gasteiger partial charge in [0.05, 0.1) is 12.7 Å². The van der Waals surface area contributed by atoms with Crippen molar-refractivity contribution in [3.05, 3.63) is 48.5 Å². The van der Waals surface area contributed by atoms with Crippen LogP contribution in [0.5, 0.6) is 0 Å². The van der Waals surface area contributed by atoms with Crippen LogP contribution < -0.4 is 5.32 Å². The largest absolute Gasteiger partial charge is 0.447 e. The summed E-state index contributed by atoms with van der Waals surface area (Å²) in [6.07, 6.45) is 4.42. The molecule has 6 nitrogen and oxygen atoms in total. The van der Waals surface area contributed by atoms with Crippen LogP contribution in [-0.2, 0) is 6.54 Å². The van der Waals surface area contributed by atoms with Crippen molar-refractivity contribution in [1.29, 1.82) is 0 Å². The summed E-state index contributed by atoms with van der Waals surface area (Å²) >= 11 is 0. The van der Waals surface area contributed by atoms with Crippen molar-refractivity contribution in [2.45, 2.75) is 13.5 Å². The normalized spacial score (nSPS) is 10.6. The van der Waals surface area contributed by atoms with Gasteiger partial charge in [0.1, 0.15) is 5.76 Å². The van der Waals surface area contributed by atoms with Gasteiger partial charge in [-0.15, -0.1) is 10.2 Å². The molecule has 0 amide bonds. The smallest absolute Gasteiger partial charge is 0.247 e. The second kappa shape index (κ2) is 4.93. The maximum Gasteiger partial charge on any atom is 0.247 e. The molecule has 0 aliphatic rings. The van der Waals surface area contributed by atoms with E-state index in [-0.39, 0.29) is 0 Å². The highest BCUT2D eigenvalue weighted by atomic mass is 16.4. The summed E-state index contributed by atoms with van der Waals surface area (Å²) < 4.78 is 10.4. The van der Waals surface area contributed by atoms with Gasteiger partial charge >= 0.3 is 0 Å². The molecule has 19 heavy (non-hydrogen) atoms. The van der Waals surface area contributed by atoms with Crippen molar-refractivity contribution in [3.63, 3.8) is 0 Å². The van der Waals surface area contributed by atoms with E-state index in [4.69, 9.17) is 8.83 Å². The van der Waals surface area contributed by atoms with E-state index in [1.165, 1.54) is 12.8 Å². The molecule has 2 aromatic heterocycles. The third kappa shape index (κ3) is 2.47. The van der Waals surface area contributed by atoms with Gasteiger partial charge in [0.15, 0.2) is 6.39 Å². The van der Waals surface area contributed by atoms with Crippen molar-refractivity contribution >= 4 is 5.69 Å². The highest BCUT2D eigenvalue weighted by Crippen LogP contribution is 2.24. The minimum atomic E-state index is 0.503. The minimum absolute atomic E-state index is 0.503. The molecule has 0 unspecified atom stereocenters.